The van der Waals surface area contributed by atoms with Gasteiger partial charge in [0, 0.05) is 19.6 Å². The maximum atomic E-state index is 12.2. The maximum absolute atomic E-state index is 12.2. The van der Waals surface area contributed by atoms with Crippen LogP contribution in [0.5, 0.6) is 5.75 Å². The van der Waals surface area contributed by atoms with Crippen LogP contribution in [0.15, 0.2) is 35.7 Å². The number of thiophene rings is 1. The molecule has 1 aliphatic rings. The first-order valence-electron chi connectivity index (χ1n) is 7.89. The Bertz CT molecular complexity index is 683. The number of aryl methyl sites for hydroxylation is 1. The highest BCUT2D eigenvalue weighted by molar-refractivity contribution is 7.12. The Morgan fingerprint density at radius 2 is 2.22 bits per heavy atom. The summed E-state index contributed by atoms with van der Waals surface area (Å²) in [4.78, 5) is 15.4. The molecule has 23 heavy (non-hydrogen) atoms. The van der Waals surface area contributed by atoms with Crippen molar-refractivity contribution in [3.63, 3.8) is 0 Å². The molecule has 1 aromatic heterocycles. The molecule has 1 aromatic carbocycles. The van der Waals surface area contributed by atoms with Crippen LogP contribution in [0.25, 0.3) is 0 Å². The summed E-state index contributed by atoms with van der Waals surface area (Å²) >= 11 is 1.50. The van der Waals surface area contributed by atoms with Crippen molar-refractivity contribution < 1.29 is 9.53 Å². The van der Waals surface area contributed by atoms with Gasteiger partial charge >= 0.3 is 0 Å². The van der Waals surface area contributed by atoms with E-state index in [2.05, 4.69) is 16.3 Å². The lowest BCUT2D eigenvalue weighted by Gasteiger charge is -2.21. The molecule has 1 fully saturated rings. The second-order valence-electron chi connectivity index (χ2n) is 5.92. The Labute approximate surface area is 141 Å². The average Bonchev–Trinajstić information content (AvgIpc) is 3.21. The first-order valence-corrected chi connectivity index (χ1v) is 8.77. The Kier molecular flexibility index (Phi) is 4.86. The van der Waals surface area contributed by atoms with Crippen molar-refractivity contribution in [1.82, 2.24) is 5.32 Å². The van der Waals surface area contributed by atoms with E-state index in [0.717, 1.165) is 47.9 Å². The number of nitrogens with zero attached hydrogens (tertiary/aromatic N) is 1. The predicted octanol–water partition coefficient (Wildman–Crippen LogP) is 3.32. The number of rotatable bonds is 5. The number of carbonyl (C=O) groups excluding carboxylic acids is 1. The fourth-order valence-corrected chi connectivity index (χ4v) is 3.87. The zero-order valence-electron chi connectivity index (χ0n) is 13.5. The lowest BCUT2D eigenvalue weighted by atomic mass is 10.1. The molecule has 1 atom stereocenters. The van der Waals surface area contributed by atoms with Crippen LogP contribution in [-0.4, -0.2) is 32.7 Å². The second-order valence-corrected chi connectivity index (χ2v) is 6.83. The topological polar surface area (TPSA) is 41.6 Å². The Morgan fingerprint density at radius 3 is 2.96 bits per heavy atom. The van der Waals surface area contributed by atoms with E-state index in [9.17, 15) is 4.79 Å². The monoisotopic (exact) mass is 330 g/mol. The second kappa shape index (κ2) is 7.04. The van der Waals surface area contributed by atoms with Gasteiger partial charge < -0.3 is 15.0 Å². The zero-order chi connectivity index (χ0) is 16.2. The van der Waals surface area contributed by atoms with E-state index in [1.807, 2.05) is 36.6 Å². The van der Waals surface area contributed by atoms with E-state index in [1.165, 1.54) is 11.3 Å². The molecule has 122 valence electrons. The number of anilines is 1. The summed E-state index contributed by atoms with van der Waals surface area (Å²) in [5.41, 5.74) is 2.19. The zero-order valence-corrected chi connectivity index (χ0v) is 14.4. The minimum atomic E-state index is 0.0493. The number of nitrogens with one attached hydrogen (secondary N) is 1. The van der Waals surface area contributed by atoms with Crippen LogP contribution in [0.3, 0.4) is 0 Å². The molecule has 1 saturated heterocycles. The summed E-state index contributed by atoms with van der Waals surface area (Å²) in [7, 11) is 1.70. The smallest absolute Gasteiger partial charge is 0.261 e. The number of benzene rings is 1. The molecular weight excluding hydrogens is 308 g/mol. The molecule has 1 aliphatic heterocycles. The molecule has 0 aliphatic carbocycles. The van der Waals surface area contributed by atoms with Crippen LogP contribution in [-0.2, 0) is 0 Å². The van der Waals surface area contributed by atoms with Gasteiger partial charge in [0.1, 0.15) is 5.75 Å². The van der Waals surface area contributed by atoms with Gasteiger partial charge in [0.25, 0.3) is 5.91 Å². The van der Waals surface area contributed by atoms with Crippen molar-refractivity contribution in [2.75, 3.05) is 31.6 Å². The van der Waals surface area contributed by atoms with Gasteiger partial charge in [0.2, 0.25) is 0 Å². The van der Waals surface area contributed by atoms with E-state index in [-0.39, 0.29) is 5.91 Å². The molecule has 0 bridgehead atoms. The first kappa shape index (κ1) is 15.9. The summed E-state index contributed by atoms with van der Waals surface area (Å²) in [6, 6.07) is 10.1. The lowest BCUT2D eigenvalue weighted by Crippen LogP contribution is -2.31. The summed E-state index contributed by atoms with van der Waals surface area (Å²) < 4.78 is 5.44. The molecule has 0 saturated carbocycles. The Morgan fingerprint density at radius 1 is 1.39 bits per heavy atom. The normalized spacial score (nSPS) is 17.3. The van der Waals surface area contributed by atoms with Gasteiger partial charge in [-0.3, -0.25) is 4.79 Å². The molecule has 0 spiro atoms. The Hall–Kier alpha value is -2.01. The van der Waals surface area contributed by atoms with Gasteiger partial charge in [0.05, 0.1) is 17.7 Å². The third kappa shape index (κ3) is 3.50. The standard InChI is InChI=1S/C18H22N2O2S/c1-13-8-10-23-17(13)18(21)19-11-14-7-9-20(12-14)15-5-3-4-6-16(15)22-2/h3-6,8,10,14H,7,9,11-12H2,1-2H3,(H,19,21)/t14-/m1/s1. The number of amides is 1. The minimum Gasteiger partial charge on any atom is -0.495 e. The molecule has 2 heterocycles. The van der Waals surface area contributed by atoms with E-state index in [1.54, 1.807) is 7.11 Å². The first-order chi connectivity index (χ1) is 11.2. The van der Waals surface area contributed by atoms with Gasteiger partial charge in [-0.05, 0) is 48.4 Å². The highest BCUT2D eigenvalue weighted by Crippen LogP contribution is 2.31. The van der Waals surface area contributed by atoms with Gasteiger partial charge in [-0.2, -0.15) is 0 Å². The van der Waals surface area contributed by atoms with Crippen molar-refractivity contribution in [3.8, 4) is 5.75 Å². The fraction of sp³-hybridized carbons (Fsp3) is 0.389. The lowest BCUT2D eigenvalue weighted by molar-refractivity contribution is 0.0952. The third-order valence-electron chi connectivity index (χ3n) is 4.33. The van der Waals surface area contributed by atoms with E-state index < -0.39 is 0 Å². The largest absolute Gasteiger partial charge is 0.495 e. The van der Waals surface area contributed by atoms with E-state index in [4.69, 9.17) is 4.74 Å². The third-order valence-corrected chi connectivity index (χ3v) is 5.35. The summed E-state index contributed by atoms with van der Waals surface area (Å²) in [6.45, 7) is 4.65. The quantitative estimate of drug-likeness (QED) is 0.914. The number of para-hydroxylation sites is 2. The summed E-state index contributed by atoms with van der Waals surface area (Å²) in [6.07, 6.45) is 1.09. The van der Waals surface area contributed by atoms with Crippen molar-refractivity contribution in [2.24, 2.45) is 5.92 Å². The van der Waals surface area contributed by atoms with Crippen molar-refractivity contribution >= 4 is 22.9 Å². The highest BCUT2D eigenvalue weighted by atomic mass is 32.1. The van der Waals surface area contributed by atoms with E-state index in [0.29, 0.717) is 5.92 Å². The number of hydrogen-bond acceptors (Lipinski definition) is 4. The molecule has 4 nitrogen and oxygen atoms in total. The number of hydrogen-bond donors (Lipinski definition) is 1. The molecule has 0 radical (unpaired) electrons. The SMILES string of the molecule is COc1ccccc1N1CC[C@H](CNC(=O)c2sccc2C)C1. The van der Waals surface area contributed by atoms with Gasteiger partial charge in [-0.15, -0.1) is 11.3 Å². The van der Waals surface area contributed by atoms with Crippen LogP contribution < -0.4 is 15.0 Å². The van der Waals surface area contributed by atoms with E-state index >= 15 is 0 Å². The average molecular weight is 330 g/mol. The van der Waals surface area contributed by atoms with Crippen LogP contribution in [0.1, 0.15) is 21.7 Å². The molecule has 1 amide bonds. The fourth-order valence-electron chi connectivity index (χ4n) is 3.03. The number of ether oxygens (including phenoxy) is 1. The van der Waals surface area contributed by atoms with Crippen molar-refractivity contribution in [2.45, 2.75) is 13.3 Å². The van der Waals surface area contributed by atoms with Gasteiger partial charge in [0.15, 0.2) is 0 Å². The highest BCUT2D eigenvalue weighted by Gasteiger charge is 2.25. The molecule has 0 unspecified atom stereocenters. The number of methoxy groups -OCH3 is 1. The van der Waals surface area contributed by atoms with Gasteiger partial charge in [-0.25, -0.2) is 0 Å². The van der Waals surface area contributed by atoms with Crippen molar-refractivity contribution in [1.29, 1.82) is 0 Å². The van der Waals surface area contributed by atoms with Crippen LogP contribution >= 0.6 is 11.3 Å². The predicted molar refractivity (Wildman–Crippen MR) is 94.7 cm³/mol. The maximum Gasteiger partial charge on any atom is 0.261 e. The minimum absolute atomic E-state index is 0.0493. The molecule has 5 heteroatoms. The Balaban J connectivity index is 1.56. The molecule has 2 aromatic rings. The van der Waals surface area contributed by atoms with Gasteiger partial charge in [-0.1, -0.05) is 12.1 Å². The summed E-state index contributed by atoms with van der Waals surface area (Å²) in [5, 5.41) is 5.04. The number of carbonyl (C=O) groups is 1. The van der Waals surface area contributed by atoms with Crippen LogP contribution in [0.2, 0.25) is 0 Å². The van der Waals surface area contributed by atoms with Crippen LogP contribution in [0.4, 0.5) is 5.69 Å². The molecular formula is C18H22N2O2S. The van der Waals surface area contributed by atoms with Crippen molar-refractivity contribution in [3.05, 3.63) is 46.2 Å². The molecule has 1 N–H and O–H groups in total. The van der Waals surface area contributed by atoms with Crippen LogP contribution in [0, 0.1) is 12.8 Å². The molecule has 3 rings (SSSR count). The summed E-state index contributed by atoms with van der Waals surface area (Å²) in [5.74, 6) is 1.43.